The molecule has 3 aromatic carbocycles. The van der Waals surface area contributed by atoms with Gasteiger partial charge in [-0.05, 0) is 61.4 Å². The summed E-state index contributed by atoms with van der Waals surface area (Å²) in [6.07, 6.45) is 1.12. The summed E-state index contributed by atoms with van der Waals surface area (Å²) >= 11 is 0. The van der Waals surface area contributed by atoms with Crippen molar-refractivity contribution < 1.29 is 27.9 Å². The molecule has 224 valence electrons. The number of aromatic nitrogens is 1. The Kier molecular flexibility index (Phi) is 10.4. The number of hydrogen-bond donors (Lipinski definition) is 2. The van der Waals surface area contributed by atoms with Crippen molar-refractivity contribution in [2.24, 2.45) is 5.92 Å². The number of ether oxygens (including phenoxy) is 1. The van der Waals surface area contributed by atoms with Crippen LogP contribution in [0.3, 0.4) is 0 Å². The maximum Gasteiger partial charge on any atom is 0.453 e. The lowest BCUT2D eigenvalue weighted by Crippen LogP contribution is -2.45. The number of carbonyl (C=O) groups excluding carboxylic acids is 2. The molecule has 43 heavy (non-hydrogen) atoms. The highest BCUT2D eigenvalue weighted by Crippen LogP contribution is 2.54. The molecular weight excluding hydrogens is 569 g/mol. The summed E-state index contributed by atoms with van der Waals surface area (Å²) in [5.74, 6) is -1.06. The van der Waals surface area contributed by atoms with Gasteiger partial charge in [-0.1, -0.05) is 74.9 Å². The van der Waals surface area contributed by atoms with Gasteiger partial charge in [-0.2, -0.15) is 0 Å². The second-order valence-corrected chi connectivity index (χ2v) is 11.8. The minimum Gasteiger partial charge on any atom is -0.415 e. The number of rotatable bonds is 12. The van der Waals surface area contributed by atoms with Gasteiger partial charge >= 0.3 is 13.7 Å². The van der Waals surface area contributed by atoms with E-state index < -0.39 is 37.0 Å². The molecule has 11 heteroatoms. The number of pyridine rings is 1. The van der Waals surface area contributed by atoms with E-state index in [0.717, 1.165) is 0 Å². The Bertz CT molecular complexity index is 1570. The number of nitrogens with one attached hydrogen (secondary N) is 2. The largest absolute Gasteiger partial charge is 0.453 e. The number of amides is 2. The van der Waals surface area contributed by atoms with E-state index >= 15 is 0 Å². The lowest BCUT2D eigenvalue weighted by molar-refractivity contribution is -0.124. The number of para-hydroxylation sites is 3. The fourth-order valence-corrected chi connectivity index (χ4v) is 6.39. The predicted octanol–water partition coefficient (Wildman–Crippen LogP) is 6.86. The van der Waals surface area contributed by atoms with Crippen LogP contribution in [0.2, 0.25) is 0 Å². The van der Waals surface area contributed by atoms with Crippen molar-refractivity contribution in [2.75, 3.05) is 5.32 Å². The van der Waals surface area contributed by atoms with Gasteiger partial charge < -0.3 is 23.7 Å². The third-order valence-corrected chi connectivity index (χ3v) is 8.98. The van der Waals surface area contributed by atoms with E-state index in [-0.39, 0.29) is 11.6 Å². The molecule has 0 bridgehead atoms. The SMILES string of the molecule is CCC(C)C(NC(=O)C(C)n1cccc(NC(=O)Oc2ccccc2)c1=O)P(=O)(Oc1ccccc1)Oc1ccccc1. The molecule has 2 N–H and O–H groups in total. The summed E-state index contributed by atoms with van der Waals surface area (Å²) in [7, 11) is -4.10. The van der Waals surface area contributed by atoms with Crippen LogP contribution in [-0.4, -0.2) is 22.4 Å². The summed E-state index contributed by atoms with van der Waals surface area (Å²) in [4.78, 5) is 39.3. The van der Waals surface area contributed by atoms with Crippen molar-refractivity contribution >= 4 is 25.3 Å². The van der Waals surface area contributed by atoms with Crippen molar-refractivity contribution in [3.63, 3.8) is 0 Å². The quantitative estimate of drug-likeness (QED) is 0.170. The monoisotopic (exact) mass is 603 g/mol. The Balaban J connectivity index is 1.58. The van der Waals surface area contributed by atoms with Gasteiger partial charge in [-0.3, -0.25) is 14.9 Å². The van der Waals surface area contributed by atoms with Crippen LogP contribution in [0.25, 0.3) is 0 Å². The highest BCUT2D eigenvalue weighted by molar-refractivity contribution is 7.55. The molecule has 0 fully saturated rings. The molecule has 1 aromatic heterocycles. The molecule has 3 unspecified atom stereocenters. The first kappa shape index (κ1) is 31.1. The van der Waals surface area contributed by atoms with Crippen LogP contribution in [0.5, 0.6) is 17.2 Å². The fourth-order valence-electron chi connectivity index (χ4n) is 4.18. The van der Waals surface area contributed by atoms with Gasteiger partial charge in [0.2, 0.25) is 5.91 Å². The molecule has 0 radical (unpaired) electrons. The molecule has 0 aliphatic heterocycles. The molecule has 10 nitrogen and oxygen atoms in total. The number of carbonyl (C=O) groups is 2. The second-order valence-electron chi connectivity index (χ2n) is 9.83. The minimum absolute atomic E-state index is 0.0768. The zero-order valence-corrected chi connectivity index (χ0v) is 25.0. The Morgan fingerprint density at radius 1 is 0.791 bits per heavy atom. The second kappa shape index (κ2) is 14.4. The Labute approximate surface area is 250 Å². The van der Waals surface area contributed by atoms with E-state index in [9.17, 15) is 18.9 Å². The average Bonchev–Trinajstić information content (AvgIpc) is 3.01. The maximum atomic E-state index is 14.6. The van der Waals surface area contributed by atoms with Gasteiger partial charge in [0.15, 0.2) is 5.78 Å². The third kappa shape index (κ3) is 8.14. The van der Waals surface area contributed by atoms with Gasteiger partial charge in [0.1, 0.15) is 29.0 Å². The van der Waals surface area contributed by atoms with E-state index in [4.69, 9.17) is 13.8 Å². The van der Waals surface area contributed by atoms with E-state index in [1.807, 2.05) is 13.8 Å². The molecule has 0 spiro atoms. The highest BCUT2D eigenvalue weighted by Gasteiger charge is 2.44. The van der Waals surface area contributed by atoms with Crippen molar-refractivity contribution in [3.8, 4) is 17.2 Å². The highest BCUT2D eigenvalue weighted by atomic mass is 31.2. The molecule has 0 aliphatic carbocycles. The minimum atomic E-state index is -4.10. The number of benzene rings is 3. The molecule has 4 aromatic rings. The van der Waals surface area contributed by atoms with E-state index in [0.29, 0.717) is 23.7 Å². The van der Waals surface area contributed by atoms with Crippen molar-refractivity contribution in [3.05, 3.63) is 120 Å². The van der Waals surface area contributed by atoms with Crippen molar-refractivity contribution in [2.45, 2.75) is 39.0 Å². The van der Waals surface area contributed by atoms with E-state index in [1.165, 1.54) is 29.8 Å². The first-order valence-electron chi connectivity index (χ1n) is 13.8. The van der Waals surface area contributed by atoms with Gasteiger partial charge in [-0.25, -0.2) is 9.36 Å². The zero-order chi connectivity index (χ0) is 30.8. The molecule has 0 saturated carbocycles. The number of hydrogen-bond acceptors (Lipinski definition) is 7. The molecule has 2 amide bonds. The van der Waals surface area contributed by atoms with Gasteiger partial charge in [0.25, 0.3) is 5.56 Å². The summed E-state index contributed by atoms with van der Waals surface area (Å²) in [5, 5.41) is 5.27. The van der Waals surface area contributed by atoms with Gasteiger partial charge in [0.05, 0.1) is 0 Å². The van der Waals surface area contributed by atoms with Crippen LogP contribution in [0, 0.1) is 5.92 Å². The van der Waals surface area contributed by atoms with E-state index in [1.54, 1.807) is 91.0 Å². The summed E-state index contributed by atoms with van der Waals surface area (Å²) < 4.78 is 32.9. The van der Waals surface area contributed by atoms with Gasteiger partial charge in [0, 0.05) is 6.20 Å². The predicted molar refractivity (Wildman–Crippen MR) is 165 cm³/mol. The Hall–Kier alpha value is -4.82. The normalized spacial score (nSPS) is 13.2. The van der Waals surface area contributed by atoms with Crippen LogP contribution in [0.1, 0.15) is 33.2 Å². The fraction of sp³-hybridized carbons (Fsp3) is 0.219. The summed E-state index contributed by atoms with van der Waals surface area (Å²) in [6, 6.07) is 27.5. The molecule has 0 saturated heterocycles. The molecule has 3 atom stereocenters. The average molecular weight is 604 g/mol. The van der Waals surface area contributed by atoms with Crippen LogP contribution in [0.15, 0.2) is 114 Å². The number of anilines is 1. The number of nitrogens with zero attached hydrogens (tertiary/aromatic N) is 1. The zero-order valence-electron chi connectivity index (χ0n) is 24.1. The van der Waals surface area contributed by atoms with Crippen LogP contribution in [0.4, 0.5) is 10.5 Å². The Morgan fingerprint density at radius 3 is 1.81 bits per heavy atom. The summed E-state index contributed by atoms with van der Waals surface area (Å²) in [5.41, 5.74) is -0.702. The van der Waals surface area contributed by atoms with Gasteiger partial charge in [-0.15, -0.1) is 0 Å². The standard InChI is InChI=1S/C32H34N3O7P/c1-4-23(2)30(43(39,41-26-17-10-6-11-18-26)42-27-19-12-7-13-20-27)34-29(36)24(3)35-22-14-21-28(31(35)37)33-32(38)40-25-15-8-5-9-16-25/h5-24,30H,4H2,1-3H3,(H,33,38)(H,34,36). The first-order chi connectivity index (χ1) is 20.7. The van der Waals surface area contributed by atoms with Crippen LogP contribution < -0.4 is 30.0 Å². The summed E-state index contributed by atoms with van der Waals surface area (Å²) in [6.45, 7) is 5.26. The van der Waals surface area contributed by atoms with Crippen LogP contribution >= 0.6 is 7.60 Å². The smallest absolute Gasteiger partial charge is 0.415 e. The topological polar surface area (TPSA) is 125 Å². The van der Waals surface area contributed by atoms with Crippen molar-refractivity contribution in [1.29, 1.82) is 0 Å². The van der Waals surface area contributed by atoms with Crippen molar-refractivity contribution in [1.82, 2.24) is 9.88 Å². The Morgan fingerprint density at radius 2 is 1.30 bits per heavy atom. The van der Waals surface area contributed by atoms with E-state index in [2.05, 4.69) is 10.6 Å². The lowest BCUT2D eigenvalue weighted by Gasteiger charge is -2.32. The molecule has 4 rings (SSSR count). The third-order valence-electron chi connectivity index (χ3n) is 6.73. The molecule has 1 heterocycles. The first-order valence-corrected chi connectivity index (χ1v) is 15.5. The lowest BCUT2D eigenvalue weighted by atomic mass is 10.1. The van der Waals surface area contributed by atoms with Crippen LogP contribution in [-0.2, 0) is 9.36 Å². The molecular formula is C32H34N3O7P. The molecule has 0 aliphatic rings. The maximum absolute atomic E-state index is 14.6.